The largest absolute Gasteiger partial charge is 0.477 e. The SMILES string of the molecule is CNc1cc(Cl)cc2c1[nH]c1ncc(-c3cnc4c(c3)c(=O)c(C(=O)O)cn4NC)c(N3CC[C@H]4CN(C)C[C@H]43)c12. The Labute approximate surface area is 239 Å². The number of halogens is 1. The Morgan fingerprint density at radius 3 is 2.73 bits per heavy atom. The van der Waals surface area contributed by atoms with Crippen LogP contribution in [0.15, 0.2) is 41.6 Å². The van der Waals surface area contributed by atoms with Crippen LogP contribution in [0.5, 0.6) is 0 Å². The lowest BCUT2D eigenvalue weighted by Gasteiger charge is -2.29. The lowest BCUT2D eigenvalue weighted by atomic mass is 10.00. The Hall–Kier alpha value is -4.35. The van der Waals surface area contributed by atoms with E-state index in [1.165, 1.54) is 10.9 Å². The molecule has 4 aromatic heterocycles. The number of carboxylic acid groups (broad SMARTS) is 1. The van der Waals surface area contributed by atoms with Gasteiger partial charge in [0.2, 0.25) is 5.43 Å². The van der Waals surface area contributed by atoms with Crippen LogP contribution in [-0.2, 0) is 0 Å². The molecule has 7 rings (SSSR count). The number of carboxylic acids is 1. The van der Waals surface area contributed by atoms with Crippen molar-refractivity contribution in [1.29, 1.82) is 0 Å². The normalized spacial score (nSPS) is 19.0. The number of carbonyl (C=O) groups is 1. The molecule has 0 unspecified atom stereocenters. The van der Waals surface area contributed by atoms with Crippen molar-refractivity contribution in [2.75, 3.05) is 56.4 Å². The minimum atomic E-state index is -1.29. The molecule has 6 heterocycles. The van der Waals surface area contributed by atoms with Gasteiger partial charge in [-0.2, -0.15) is 0 Å². The second-order valence-electron chi connectivity index (χ2n) is 10.9. The maximum absolute atomic E-state index is 13.3. The summed E-state index contributed by atoms with van der Waals surface area (Å²) in [5, 5.41) is 15.7. The first-order chi connectivity index (χ1) is 19.8. The van der Waals surface area contributed by atoms with Gasteiger partial charge in [-0.15, -0.1) is 0 Å². The van der Waals surface area contributed by atoms with Gasteiger partial charge in [-0.05, 0) is 37.6 Å². The standard InChI is InChI=1S/C29H29ClN8O3/c1-31-21-8-16(30)7-17-23-25(37-5-4-14-11-36(3)13-22(14)37)19(10-33-27(23)35-24(17)21)15-6-18-26(39)20(29(40)41)12-38(32-2)28(18)34-9-15/h6-10,12,14,22,31-32H,4-5,11,13H2,1-3H3,(H,33,35)(H,40,41)/t14-,22+/m0/s1. The van der Waals surface area contributed by atoms with Crippen molar-refractivity contribution in [1.82, 2.24) is 24.5 Å². The van der Waals surface area contributed by atoms with Crippen LogP contribution in [0, 0.1) is 5.92 Å². The van der Waals surface area contributed by atoms with Gasteiger partial charge in [-0.3, -0.25) is 4.79 Å². The van der Waals surface area contributed by atoms with Gasteiger partial charge in [0.05, 0.1) is 27.7 Å². The zero-order chi connectivity index (χ0) is 28.6. The summed E-state index contributed by atoms with van der Waals surface area (Å²) in [5.74, 6) is -0.743. The molecule has 4 N–H and O–H groups in total. The molecular weight excluding hydrogens is 544 g/mol. The lowest BCUT2D eigenvalue weighted by Crippen LogP contribution is -2.35. The quantitative estimate of drug-likeness (QED) is 0.248. The smallest absolute Gasteiger partial charge is 0.341 e. The summed E-state index contributed by atoms with van der Waals surface area (Å²) in [7, 11) is 5.66. The van der Waals surface area contributed by atoms with Crippen LogP contribution in [0.1, 0.15) is 16.8 Å². The third-order valence-corrected chi connectivity index (χ3v) is 8.80. The highest BCUT2D eigenvalue weighted by Crippen LogP contribution is 2.46. The van der Waals surface area contributed by atoms with E-state index in [9.17, 15) is 14.7 Å². The highest BCUT2D eigenvalue weighted by Gasteiger charge is 2.41. The van der Waals surface area contributed by atoms with Crippen molar-refractivity contribution in [3.63, 3.8) is 0 Å². The molecule has 2 atom stereocenters. The van der Waals surface area contributed by atoms with Crippen molar-refractivity contribution in [3.8, 4) is 11.1 Å². The van der Waals surface area contributed by atoms with Crippen LogP contribution in [0.3, 0.4) is 0 Å². The Morgan fingerprint density at radius 1 is 1.15 bits per heavy atom. The first-order valence-corrected chi connectivity index (χ1v) is 13.9. The van der Waals surface area contributed by atoms with E-state index >= 15 is 0 Å². The van der Waals surface area contributed by atoms with Crippen LogP contribution in [0.4, 0.5) is 11.4 Å². The predicted octanol–water partition coefficient (Wildman–Crippen LogP) is 3.80. The van der Waals surface area contributed by atoms with Crippen LogP contribution >= 0.6 is 11.6 Å². The molecule has 2 saturated heterocycles. The number of nitrogens with one attached hydrogen (secondary N) is 3. The van der Waals surface area contributed by atoms with Gasteiger partial charge in [-0.25, -0.2) is 19.4 Å². The number of fused-ring (bicyclic) bond motifs is 5. The average Bonchev–Trinajstić information content (AvgIpc) is 3.64. The zero-order valence-electron chi connectivity index (χ0n) is 22.8. The first kappa shape index (κ1) is 25.6. The summed E-state index contributed by atoms with van der Waals surface area (Å²) in [6.45, 7) is 2.88. The van der Waals surface area contributed by atoms with Crippen LogP contribution in [0.25, 0.3) is 44.1 Å². The van der Waals surface area contributed by atoms with Crippen LogP contribution < -0.4 is 21.1 Å². The number of pyridine rings is 3. The summed E-state index contributed by atoms with van der Waals surface area (Å²) in [4.78, 5) is 43.0. The molecule has 2 aliphatic heterocycles. The molecule has 12 heteroatoms. The molecule has 5 aromatic rings. The summed E-state index contributed by atoms with van der Waals surface area (Å²) in [5.41, 5.74) is 7.38. The molecule has 41 heavy (non-hydrogen) atoms. The van der Waals surface area contributed by atoms with Crippen molar-refractivity contribution in [3.05, 3.63) is 57.6 Å². The van der Waals surface area contributed by atoms with Crippen LogP contribution in [0.2, 0.25) is 5.02 Å². The number of anilines is 2. The summed E-state index contributed by atoms with van der Waals surface area (Å²) in [6, 6.07) is 5.90. The molecule has 0 radical (unpaired) electrons. The van der Waals surface area contributed by atoms with Gasteiger partial charge in [-0.1, -0.05) is 11.6 Å². The first-order valence-electron chi connectivity index (χ1n) is 13.5. The minimum absolute atomic E-state index is 0.210. The molecule has 1 aromatic carbocycles. The number of likely N-dealkylation sites (N-methyl/N-ethyl adjacent to an activating group) is 1. The van der Waals surface area contributed by atoms with Gasteiger partial charge >= 0.3 is 5.97 Å². The van der Waals surface area contributed by atoms with E-state index < -0.39 is 11.4 Å². The van der Waals surface area contributed by atoms with E-state index in [-0.39, 0.29) is 10.9 Å². The number of rotatable bonds is 5. The summed E-state index contributed by atoms with van der Waals surface area (Å²) < 4.78 is 1.45. The topological polar surface area (TPSA) is 131 Å². The molecule has 0 saturated carbocycles. The third kappa shape index (κ3) is 3.83. The van der Waals surface area contributed by atoms with Crippen molar-refractivity contribution < 1.29 is 9.90 Å². The van der Waals surface area contributed by atoms with E-state index in [1.54, 1.807) is 19.3 Å². The lowest BCUT2D eigenvalue weighted by molar-refractivity contribution is 0.0695. The van der Waals surface area contributed by atoms with Crippen molar-refractivity contribution >= 4 is 61.9 Å². The molecule has 11 nitrogen and oxygen atoms in total. The Bertz CT molecular complexity index is 1950. The van der Waals surface area contributed by atoms with Gasteiger partial charge in [0.25, 0.3) is 0 Å². The number of H-pyrrole nitrogens is 1. The number of likely N-dealkylation sites (tertiary alicyclic amines) is 1. The number of hydrogen-bond acceptors (Lipinski definition) is 8. The maximum Gasteiger partial charge on any atom is 0.341 e. The van der Waals surface area contributed by atoms with E-state index in [2.05, 4.69) is 37.6 Å². The van der Waals surface area contributed by atoms with Crippen molar-refractivity contribution in [2.24, 2.45) is 5.92 Å². The molecule has 0 bridgehead atoms. The summed E-state index contributed by atoms with van der Waals surface area (Å²) in [6.07, 6.45) is 5.88. The fourth-order valence-corrected chi connectivity index (χ4v) is 6.96. The number of hydrogen-bond donors (Lipinski definition) is 4. The monoisotopic (exact) mass is 572 g/mol. The average molecular weight is 573 g/mol. The number of nitrogens with zero attached hydrogens (tertiary/aromatic N) is 5. The number of benzene rings is 1. The Balaban J connectivity index is 1.55. The van der Waals surface area contributed by atoms with Gasteiger partial charge in [0.1, 0.15) is 11.2 Å². The summed E-state index contributed by atoms with van der Waals surface area (Å²) >= 11 is 6.59. The molecule has 0 amide bonds. The molecule has 0 spiro atoms. The highest BCUT2D eigenvalue weighted by molar-refractivity contribution is 6.33. The van der Waals surface area contributed by atoms with E-state index in [0.717, 1.165) is 64.9 Å². The number of aromatic carboxylic acids is 1. The number of aromatic nitrogens is 4. The second-order valence-corrected chi connectivity index (χ2v) is 11.3. The van der Waals surface area contributed by atoms with Crippen molar-refractivity contribution in [2.45, 2.75) is 12.5 Å². The van der Waals surface area contributed by atoms with E-state index in [0.29, 0.717) is 28.2 Å². The highest BCUT2D eigenvalue weighted by atomic mass is 35.5. The predicted molar refractivity (Wildman–Crippen MR) is 162 cm³/mol. The number of aromatic amines is 1. The Kier molecular flexibility index (Phi) is 5.84. The van der Waals surface area contributed by atoms with E-state index in [4.69, 9.17) is 16.6 Å². The van der Waals surface area contributed by atoms with E-state index in [1.807, 2.05) is 25.4 Å². The molecular formula is C29H29ClN8O3. The van der Waals surface area contributed by atoms with Gasteiger partial charge in [0, 0.05) is 79.9 Å². The second kappa shape index (κ2) is 9.35. The fraction of sp³-hybridized carbons (Fsp3) is 0.310. The van der Waals surface area contributed by atoms with Gasteiger partial charge < -0.3 is 30.6 Å². The third-order valence-electron chi connectivity index (χ3n) is 8.58. The Morgan fingerprint density at radius 2 is 1.98 bits per heavy atom. The van der Waals surface area contributed by atoms with Crippen LogP contribution in [-0.4, -0.2) is 82.4 Å². The minimum Gasteiger partial charge on any atom is -0.477 e. The zero-order valence-corrected chi connectivity index (χ0v) is 23.6. The maximum atomic E-state index is 13.3. The molecule has 2 aliphatic rings. The fourth-order valence-electron chi connectivity index (χ4n) is 6.75. The molecule has 210 valence electrons. The van der Waals surface area contributed by atoms with Gasteiger partial charge in [0.15, 0.2) is 5.65 Å². The molecule has 0 aliphatic carbocycles. The molecule has 2 fully saturated rings.